The van der Waals surface area contributed by atoms with Crippen molar-refractivity contribution in [3.8, 4) is 0 Å². The van der Waals surface area contributed by atoms with E-state index in [2.05, 4.69) is 4.98 Å². The molecule has 1 aromatic rings. The van der Waals surface area contributed by atoms with Gasteiger partial charge >= 0.3 is 0 Å². The first kappa shape index (κ1) is 9.61. The molecule has 1 aromatic heterocycles. The van der Waals surface area contributed by atoms with Crippen molar-refractivity contribution < 1.29 is 13.2 Å². The highest BCUT2D eigenvalue weighted by Gasteiger charge is 2.18. The Kier molecular flexibility index (Phi) is 2.80. The van der Waals surface area contributed by atoms with Gasteiger partial charge < -0.3 is 0 Å². The maximum atomic E-state index is 12.7. The molecule has 0 aliphatic heterocycles. The van der Waals surface area contributed by atoms with Crippen LogP contribution in [-0.2, 0) is 0 Å². The van der Waals surface area contributed by atoms with Crippen molar-refractivity contribution in [1.29, 1.82) is 0 Å². The molecule has 1 rings (SSSR count). The molecular weight excluding hydrogens is 214 g/mol. The minimum Gasteiger partial charge on any atom is -0.232 e. The van der Waals surface area contributed by atoms with E-state index in [0.717, 1.165) is 6.07 Å². The Morgan fingerprint density at radius 1 is 1.33 bits per heavy atom. The van der Waals surface area contributed by atoms with E-state index in [9.17, 15) is 13.2 Å². The Balaban J connectivity index is 3.28. The molecule has 0 saturated carbocycles. The highest BCUT2D eigenvalue weighted by Crippen LogP contribution is 2.27. The molecule has 0 N–H and O–H groups in total. The van der Waals surface area contributed by atoms with Gasteiger partial charge in [0.2, 0.25) is 0 Å². The van der Waals surface area contributed by atoms with Crippen molar-refractivity contribution in [2.24, 2.45) is 0 Å². The lowest BCUT2D eigenvalue weighted by Crippen LogP contribution is -1.96. The number of alkyl halides is 2. The minimum absolute atomic E-state index is 0.253. The van der Waals surface area contributed by atoms with Gasteiger partial charge in [-0.15, -0.1) is 0 Å². The molecule has 0 spiro atoms. The average molecular weight is 216 g/mol. The van der Waals surface area contributed by atoms with Gasteiger partial charge in [-0.3, -0.25) is 0 Å². The summed E-state index contributed by atoms with van der Waals surface area (Å²) in [4.78, 5) is 3.09. The number of pyridine rings is 1. The van der Waals surface area contributed by atoms with Crippen LogP contribution in [0.15, 0.2) is 6.07 Å². The smallest absolute Gasteiger partial charge is 0.232 e. The summed E-state index contributed by atoms with van der Waals surface area (Å²) in [5, 5.41) is -0.706. The van der Waals surface area contributed by atoms with Crippen molar-refractivity contribution in [2.45, 2.75) is 6.43 Å². The number of rotatable bonds is 1. The van der Waals surface area contributed by atoms with Gasteiger partial charge in [0, 0.05) is 0 Å². The topological polar surface area (TPSA) is 12.9 Å². The number of hydrogen-bond acceptors (Lipinski definition) is 1. The lowest BCUT2D eigenvalue weighted by Gasteiger charge is -2.02. The molecule has 0 atom stereocenters. The zero-order valence-electron chi connectivity index (χ0n) is 5.49. The van der Waals surface area contributed by atoms with E-state index in [0.29, 0.717) is 0 Å². The summed E-state index contributed by atoms with van der Waals surface area (Å²) in [6.45, 7) is 0. The van der Waals surface area contributed by atoms with Crippen LogP contribution in [0.3, 0.4) is 0 Å². The average Bonchev–Trinajstić information content (AvgIpc) is 1.96. The van der Waals surface area contributed by atoms with E-state index < -0.39 is 23.0 Å². The molecular formula is C6H2Cl2F3N. The second kappa shape index (κ2) is 3.49. The summed E-state index contributed by atoms with van der Waals surface area (Å²) in [5.41, 5.74) is -1.02. The van der Waals surface area contributed by atoms with Gasteiger partial charge in [0.05, 0.1) is 5.02 Å². The summed E-state index contributed by atoms with van der Waals surface area (Å²) < 4.78 is 36.6. The summed E-state index contributed by atoms with van der Waals surface area (Å²) in [6.07, 6.45) is -3.01. The van der Waals surface area contributed by atoms with E-state index in [-0.39, 0.29) is 5.15 Å². The molecule has 0 bridgehead atoms. The molecule has 6 heteroatoms. The van der Waals surface area contributed by atoms with Crippen LogP contribution in [0.25, 0.3) is 0 Å². The normalized spacial score (nSPS) is 10.8. The van der Waals surface area contributed by atoms with Crippen LogP contribution in [-0.4, -0.2) is 4.98 Å². The second-order valence-electron chi connectivity index (χ2n) is 1.93. The SMILES string of the molecule is Fc1c(Cl)cc(Cl)nc1C(F)F. The maximum Gasteiger partial charge on any atom is 0.283 e. The van der Waals surface area contributed by atoms with E-state index >= 15 is 0 Å². The van der Waals surface area contributed by atoms with Gasteiger partial charge in [0.1, 0.15) is 10.8 Å². The van der Waals surface area contributed by atoms with Crippen LogP contribution in [0.4, 0.5) is 13.2 Å². The number of halogens is 5. The Bertz CT molecular complexity index is 303. The molecule has 1 nitrogen and oxygen atoms in total. The molecule has 0 unspecified atom stereocenters. The lowest BCUT2D eigenvalue weighted by molar-refractivity contribution is 0.140. The molecule has 1 heterocycles. The lowest BCUT2D eigenvalue weighted by atomic mass is 10.3. The van der Waals surface area contributed by atoms with E-state index in [1.54, 1.807) is 0 Å². The summed E-state index contributed by atoms with van der Waals surface area (Å²) in [5.74, 6) is -1.23. The molecule has 12 heavy (non-hydrogen) atoms. The van der Waals surface area contributed by atoms with Gasteiger partial charge in [-0.1, -0.05) is 23.2 Å². The fourth-order valence-corrected chi connectivity index (χ4v) is 1.09. The summed E-state index contributed by atoms with van der Waals surface area (Å²) >= 11 is 10.5. The number of hydrogen-bond donors (Lipinski definition) is 0. The van der Waals surface area contributed by atoms with E-state index in [1.165, 1.54) is 0 Å². The van der Waals surface area contributed by atoms with Gasteiger partial charge in [0.25, 0.3) is 6.43 Å². The molecule has 0 aromatic carbocycles. The van der Waals surface area contributed by atoms with E-state index in [4.69, 9.17) is 23.2 Å². The first-order valence-corrected chi connectivity index (χ1v) is 3.57. The molecule has 0 aliphatic carbocycles. The predicted octanol–water partition coefficient (Wildman–Crippen LogP) is 3.47. The monoisotopic (exact) mass is 215 g/mol. The maximum absolute atomic E-state index is 12.7. The van der Waals surface area contributed by atoms with Crippen LogP contribution >= 0.6 is 23.2 Å². The largest absolute Gasteiger partial charge is 0.283 e. The van der Waals surface area contributed by atoms with Crippen LogP contribution in [0.5, 0.6) is 0 Å². The van der Waals surface area contributed by atoms with Gasteiger partial charge in [-0.05, 0) is 6.07 Å². The highest BCUT2D eigenvalue weighted by atomic mass is 35.5. The molecule has 0 amide bonds. The van der Waals surface area contributed by atoms with Gasteiger partial charge in [0.15, 0.2) is 5.82 Å². The fraction of sp³-hybridized carbons (Fsp3) is 0.167. The van der Waals surface area contributed by atoms with Crippen molar-refractivity contribution in [2.75, 3.05) is 0 Å². The first-order valence-electron chi connectivity index (χ1n) is 2.82. The Labute approximate surface area is 76.1 Å². The minimum atomic E-state index is -3.01. The Hall–Kier alpha value is -0.480. The van der Waals surface area contributed by atoms with Crippen molar-refractivity contribution in [3.05, 3.63) is 27.8 Å². The third-order valence-corrected chi connectivity index (χ3v) is 1.58. The molecule has 0 aliphatic rings. The molecule has 0 radical (unpaired) electrons. The quantitative estimate of drug-likeness (QED) is 0.655. The van der Waals surface area contributed by atoms with Crippen molar-refractivity contribution in [3.63, 3.8) is 0 Å². The first-order chi connectivity index (χ1) is 5.52. The van der Waals surface area contributed by atoms with Gasteiger partial charge in [-0.25, -0.2) is 18.2 Å². The second-order valence-corrected chi connectivity index (χ2v) is 2.72. The third kappa shape index (κ3) is 1.81. The highest BCUT2D eigenvalue weighted by molar-refractivity contribution is 6.34. The fourth-order valence-electron chi connectivity index (χ4n) is 0.631. The Morgan fingerprint density at radius 3 is 2.42 bits per heavy atom. The van der Waals surface area contributed by atoms with Crippen LogP contribution in [0.2, 0.25) is 10.2 Å². The molecule has 0 saturated heterocycles. The molecule has 66 valence electrons. The van der Waals surface area contributed by atoms with E-state index in [1.807, 2.05) is 0 Å². The summed E-state index contributed by atoms with van der Waals surface area (Å²) in [7, 11) is 0. The summed E-state index contributed by atoms with van der Waals surface area (Å²) in [6, 6.07) is 0.963. The number of aromatic nitrogens is 1. The predicted molar refractivity (Wildman–Crippen MR) is 39.2 cm³/mol. The van der Waals surface area contributed by atoms with Crippen molar-refractivity contribution >= 4 is 23.2 Å². The van der Waals surface area contributed by atoms with Crippen molar-refractivity contribution in [1.82, 2.24) is 4.98 Å². The zero-order chi connectivity index (χ0) is 9.30. The number of nitrogens with zero attached hydrogens (tertiary/aromatic N) is 1. The van der Waals surface area contributed by atoms with Crippen LogP contribution in [0, 0.1) is 5.82 Å². The standard InChI is InChI=1S/C6H2Cl2F3N/c7-2-1-3(8)12-5(4(2)9)6(10)11/h1,6H. The van der Waals surface area contributed by atoms with Crippen LogP contribution < -0.4 is 0 Å². The zero-order valence-corrected chi connectivity index (χ0v) is 7.00. The van der Waals surface area contributed by atoms with Crippen LogP contribution in [0.1, 0.15) is 12.1 Å². The molecule has 0 fully saturated rings. The third-order valence-electron chi connectivity index (χ3n) is 1.11. The van der Waals surface area contributed by atoms with Gasteiger partial charge in [-0.2, -0.15) is 0 Å². The Morgan fingerprint density at radius 2 is 1.92 bits per heavy atom.